The van der Waals surface area contributed by atoms with Gasteiger partial charge in [0.05, 0.1) is 0 Å². The van der Waals surface area contributed by atoms with E-state index >= 15 is 0 Å². The summed E-state index contributed by atoms with van der Waals surface area (Å²) in [5, 5.41) is 9.06. The molecule has 2 heterocycles. The Kier molecular flexibility index (Phi) is 4.49. The maximum atomic E-state index is 13.9. The standard InChI is InChI=1S/C12H18F2N4O/c13-9-7-10(14)12(16-11(9)17-15)18-5-2-1-3-8(18)4-6-19/h7-8,19H,1-6,15H2,(H,16,17). The van der Waals surface area contributed by atoms with Crippen molar-refractivity contribution in [3.63, 3.8) is 0 Å². The summed E-state index contributed by atoms with van der Waals surface area (Å²) in [5.41, 5.74) is 2.12. The summed E-state index contributed by atoms with van der Waals surface area (Å²) in [4.78, 5) is 5.69. The maximum absolute atomic E-state index is 13.9. The molecule has 1 aliphatic heterocycles. The summed E-state index contributed by atoms with van der Waals surface area (Å²) in [5.74, 6) is 3.55. The molecule has 106 valence electrons. The van der Waals surface area contributed by atoms with Crippen LogP contribution in [0.5, 0.6) is 0 Å². The number of hydrogen-bond donors (Lipinski definition) is 3. The Morgan fingerprint density at radius 2 is 2.21 bits per heavy atom. The van der Waals surface area contributed by atoms with E-state index in [1.165, 1.54) is 0 Å². The zero-order valence-corrected chi connectivity index (χ0v) is 10.6. The second-order valence-electron chi connectivity index (χ2n) is 4.62. The fourth-order valence-corrected chi connectivity index (χ4v) is 2.49. The third kappa shape index (κ3) is 2.93. The number of aliphatic hydroxyl groups is 1. The Labute approximate surface area is 110 Å². The first-order valence-electron chi connectivity index (χ1n) is 6.37. The first-order valence-corrected chi connectivity index (χ1v) is 6.37. The SMILES string of the molecule is NNc1nc(N2CCCCC2CCO)c(F)cc1F. The largest absolute Gasteiger partial charge is 0.396 e. The molecule has 1 fully saturated rings. The Hall–Kier alpha value is -1.47. The third-order valence-corrected chi connectivity index (χ3v) is 3.41. The number of anilines is 2. The number of aliphatic hydroxyl groups excluding tert-OH is 1. The quantitative estimate of drug-likeness (QED) is 0.570. The van der Waals surface area contributed by atoms with Gasteiger partial charge < -0.3 is 15.4 Å². The summed E-state index contributed by atoms with van der Waals surface area (Å²) in [6, 6.07) is 0.805. The molecule has 0 amide bonds. The number of hydrazine groups is 1. The Morgan fingerprint density at radius 3 is 2.89 bits per heavy atom. The lowest BCUT2D eigenvalue weighted by Crippen LogP contribution is -2.41. The van der Waals surface area contributed by atoms with E-state index in [4.69, 9.17) is 10.9 Å². The van der Waals surface area contributed by atoms with Crippen molar-refractivity contribution in [1.29, 1.82) is 0 Å². The Balaban J connectivity index is 2.32. The highest BCUT2D eigenvalue weighted by Gasteiger charge is 2.26. The molecule has 0 spiro atoms. The van der Waals surface area contributed by atoms with Crippen molar-refractivity contribution in [1.82, 2.24) is 4.98 Å². The molecule has 4 N–H and O–H groups in total. The van der Waals surface area contributed by atoms with Crippen molar-refractivity contribution in [2.45, 2.75) is 31.7 Å². The van der Waals surface area contributed by atoms with Crippen molar-refractivity contribution in [3.05, 3.63) is 17.7 Å². The molecule has 1 unspecified atom stereocenters. The summed E-state index contributed by atoms with van der Waals surface area (Å²) >= 11 is 0. The molecule has 5 nitrogen and oxygen atoms in total. The third-order valence-electron chi connectivity index (χ3n) is 3.41. The van der Waals surface area contributed by atoms with Gasteiger partial charge in [0.25, 0.3) is 0 Å². The second-order valence-corrected chi connectivity index (χ2v) is 4.62. The van der Waals surface area contributed by atoms with Crippen LogP contribution in [0.1, 0.15) is 25.7 Å². The van der Waals surface area contributed by atoms with Gasteiger partial charge in [0, 0.05) is 25.3 Å². The highest BCUT2D eigenvalue weighted by atomic mass is 19.1. The summed E-state index contributed by atoms with van der Waals surface area (Å²) in [6.07, 6.45) is 3.37. The molecule has 1 atom stereocenters. The van der Waals surface area contributed by atoms with Gasteiger partial charge in [0.15, 0.2) is 23.3 Å². The Bertz CT molecular complexity index is 442. The normalized spacial score (nSPS) is 19.6. The van der Waals surface area contributed by atoms with Crippen LogP contribution in [0.4, 0.5) is 20.4 Å². The lowest BCUT2D eigenvalue weighted by atomic mass is 9.99. The monoisotopic (exact) mass is 272 g/mol. The van der Waals surface area contributed by atoms with Gasteiger partial charge in [0.2, 0.25) is 0 Å². The molecule has 2 rings (SSSR count). The van der Waals surface area contributed by atoms with Gasteiger partial charge in [-0.25, -0.2) is 19.6 Å². The number of nitrogens with zero attached hydrogens (tertiary/aromatic N) is 2. The number of nitrogens with one attached hydrogen (secondary N) is 1. The van der Waals surface area contributed by atoms with Gasteiger partial charge in [-0.1, -0.05) is 0 Å². The summed E-state index contributed by atoms with van der Waals surface area (Å²) in [6.45, 7) is 0.677. The van der Waals surface area contributed by atoms with E-state index in [0.29, 0.717) is 13.0 Å². The Morgan fingerprint density at radius 1 is 1.42 bits per heavy atom. The van der Waals surface area contributed by atoms with E-state index in [-0.39, 0.29) is 24.3 Å². The van der Waals surface area contributed by atoms with Crippen LogP contribution in [0.2, 0.25) is 0 Å². The number of piperidine rings is 1. The van der Waals surface area contributed by atoms with Gasteiger partial charge in [-0.15, -0.1) is 0 Å². The second kappa shape index (κ2) is 6.12. The van der Waals surface area contributed by atoms with E-state index in [1.54, 1.807) is 4.90 Å². The predicted octanol–water partition coefficient (Wildman–Crippen LogP) is 1.39. The number of pyridine rings is 1. The highest BCUT2D eigenvalue weighted by molar-refractivity contribution is 5.49. The highest BCUT2D eigenvalue weighted by Crippen LogP contribution is 2.29. The van der Waals surface area contributed by atoms with Crippen LogP contribution in [0.3, 0.4) is 0 Å². The number of nitrogens with two attached hydrogens (primary N) is 1. The fourth-order valence-electron chi connectivity index (χ4n) is 2.49. The van der Waals surface area contributed by atoms with Crippen LogP contribution in [-0.2, 0) is 0 Å². The minimum atomic E-state index is -0.820. The van der Waals surface area contributed by atoms with E-state index in [0.717, 1.165) is 25.3 Å². The molecule has 0 bridgehead atoms. The zero-order chi connectivity index (χ0) is 13.8. The average molecular weight is 272 g/mol. The molecule has 19 heavy (non-hydrogen) atoms. The van der Waals surface area contributed by atoms with Crippen LogP contribution in [-0.4, -0.2) is 29.3 Å². The van der Waals surface area contributed by atoms with E-state index in [2.05, 4.69) is 10.4 Å². The minimum Gasteiger partial charge on any atom is -0.396 e. The van der Waals surface area contributed by atoms with Gasteiger partial charge in [-0.05, 0) is 25.7 Å². The van der Waals surface area contributed by atoms with Crippen molar-refractivity contribution < 1.29 is 13.9 Å². The molecule has 1 saturated heterocycles. The van der Waals surface area contributed by atoms with Crippen LogP contribution in [0.15, 0.2) is 6.07 Å². The van der Waals surface area contributed by atoms with Crippen molar-refractivity contribution in [2.75, 3.05) is 23.5 Å². The van der Waals surface area contributed by atoms with E-state index in [1.807, 2.05) is 0 Å². The molecule has 0 aromatic carbocycles. The lowest BCUT2D eigenvalue weighted by molar-refractivity contribution is 0.261. The zero-order valence-electron chi connectivity index (χ0n) is 10.6. The molecule has 1 aromatic rings. The van der Waals surface area contributed by atoms with Crippen molar-refractivity contribution in [2.24, 2.45) is 5.84 Å². The number of halogens is 2. The molecule has 0 saturated carbocycles. The van der Waals surface area contributed by atoms with Crippen LogP contribution >= 0.6 is 0 Å². The fraction of sp³-hybridized carbons (Fsp3) is 0.583. The predicted molar refractivity (Wildman–Crippen MR) is 68.7 cm³/mol. The van der Waals surface area contributed by atoms with Gasteiger partial charge >= 0.3 is 0 Å². The first kappa shape index (κ1) is 14.0. The topological polar surface area (TPSA) is 74.4 Å². The number of hydrogen-bond acceptors (Lipinski definition) is 5. The van der Waals surface area contributed by atoms with Crippen molar-refractivity contribution >= 4 is 11.6 Å². The van der Waals surface area contributed by atoms with Gasteiger partial charge in [0.1, 0.15) is 0 Å². The van der Waals surface area contributed by atoms with Gasteiger partial charge in [-0.2, -0.15) is 0 Å². The molecule has 7 heteroatoms. The number of rotatable bonds is 4. The average Bonchev–Trinajstić information content (AvgIpc) is 2.40. The van der Waals surface area contributed by atoms with Gasteiger partial charge in [-0.3, -0.25) is 0 Å². The molecular formula is C12H18F2N4O. The minimum absolute atomic E-state index is 0.0248. The van der Waals surface area contributed by atoms with Crippen LogP contribution in [0, 0.1) is 11.6 Å². The van der Waals surface area contributed by atoms with Crippen LogP contribution < -0.4 is 16.2 Å². The molecule has 1 aliphatic rings. The first-order chi connectivity index (χ1) is 9.17. The lowest BCUT2D eigenvalue weighted by Gasteiger charge is -2.36. The molecular weight excluding hydrogens is 254 g/mol. The van der Waals surface area contributed by atoms with Crippen LogP contribution in [0.25, 0.3) is 0 Å². The summed E-state index contributed by atoms with van der Waals surface area (Å²) in [7, 11) is 0. The number of nitrogen functional groups attached to an aromatic ring is 1. The molecule has 1 aromatic heterocycles. The van der Waals surface area contributed by atoms with E-state index < -0.39 is 11.6 Å². The van der Waals surface area contributed by atoms with E-state index in [9.17, 15) is 8.78 Å². The maximum Gasteiger partial charge on any atom is 0.178 e. The summed E-state index contributed by atoms with van der Waals surface area (Å²) < 4.78 is 27.2. The molecule has 0 radical (unpaired) electrons. The molecule has 0 aliphatic carbocycles. The number of aromatic nitrogens is 1. The smallest absolute Gasteiger partial charge is 0.178 e. The van der Waals surface area contributed by atoms with Crippen molar-refractivity contribution in [3.8, 4) is 0 Å².